The fraction of sp³-hybridized carbons (Fsp3) is 0.944. The van der Waals surface area contributed by atoms with E-state index in [2.05, 4.69) is 37.9 Å². The predicted molar refractivity (Wildman–Crippen MR) is 87.9 cm³/mol. The van der Waals surface area contributed by atoms with Crippen molar-refractivity contribution in [2.24, 2.45) is 17.8 Å². The highest BCUT2D eigenvalue weighted by Gasteiger charge is 2.41. The number of carbonyl (C=O) groups is 1. The molecular weight excluding hydrogens is 260 g/mol. The van der Waals surface area contributed by atoms with Crippen LogP contribution in [0.1, 0.15) is 72.6 Å². The fourth-order valence-electron chi connectivity index (χ4n) is 3.99. The lowest BCUT2D eigenvalue weighted by atomic mass is 9.80. The second-order valence-corrected chi connectivity index (χ2v) is 7.56. The van der Waals surface area contributed by atoms with Crippen LogP contribution >= 0.6 is 0 Å². The lowest BCUT2D eigenvalue weighted by Gasteiger charge is -2.35. The van der Waals surface area contributed by atoms with Crippen molar-refractivity contribution < 1.29 is 4.79 Å². The molecule has 1 saturated carbocycles. The van der Waals surface area contributed by atoms with Crippen molar-refractivity contribution in [2.75, 3.05) is 6.54 Å². The largest absolute Gasteiger partial charge is 0.325 e. The summed E-state index contributed by atoms with van der Waals surface area (Å²) in [5.41, 5.74) is 0. The number of carbonyl (C=O) groups excluding carboxylic acids is 1. The van der Waals surface area contributed by atoms with Crippen LogP contribution in [0.5, 0.6) is 0 Å². The normalized spacial score (nSPS) is 34.0. The predicted octanol–water partition coefficient (Wildman–Crippen LogP) is 3.79. The van der Waals surface area contributed by atoms with Crippen molar-refractivity contribution in [3.63, 3.8) is 0 Å². The molecule has 4 unspecified atom stereocenters. The Morgan fingerprint density at radius 2 is 2.00 bits per heavy atom. The summed E-state index contributed by atoms with van der Waals surface area (Å²) in [6.45, 7) is 9.99. The van der Waals surface area contributed by atoms with Crippen LogP contribution in [-0.2, 0) is 4.79 Å². The fourth-order valence-corrected chi connectivity index (χ4v) is 3.99. The molecule has 1 N–H and O–H groups in total. The van der Waals surface area contributed by atoms with Gasteiger partial charge in [0, 0.05) is 6.54 Å². The molecule has 122 valence electrons. The smallest absolute Gasteiger partial charge is 0.241 e. The number of hydrogen-bond donors (Lipinski definition) is 1. The number of unbranched alkanes of at least 4 members (excludes halogenated alkanes) is 1. The maximum Gasteiger partial charge on any atom is 0.241 e. The first kappa shape index (κ1) is 16.8. The zero-order valence-electron chi connectivity index (χ0n) is 14.4. The van der Waals surface area contributed by atoms with Gasteiger partial charge in [0.25, 0.3) is 0 Å². The molecule has 1 saturated heterocycles. The molecule has 3 nitrogen and oxygen atoms in total. The van der Waals surface area contributed by atoms with Crippen LogP contribution in [0, 0.1) is 17.8 Å². The Morgan fingerprint density at radius 1 is 1.29 bits per heavy atom. The average molecular weight is 294 g/mol. The first-order valence-electron chi connectivity index (χ1n) is 9.11. The molecule has 21 heavy (non-hydrogen) atoms. The molecule has 2 rings (SSSR count). The summed E-state index contributed by atoms with van der Waals surface area (Å²) in [7, 11) is 0. The lowest BCUT2D eigenvalue weighted by molar-refractivity contribution is -0.131. The molecule has 1 aliphatic heterocycles. The third kappa shape index (κ3) is 4.00. The summed E-state index contributed by atoms with van der Waals surface area (Å²) in [5.74, 6) is 2.32. The highest BCUT2D eigenvalue weighted by Crippen LogP contribution is 2.32. The summed E-state index contributed by atoms with van der Waals surface area (Å²) in [6.07, 6.45) is 8.90. The maximum absolute atomic E-state index is 12.8. The monoisotopic (exact) mass is 294 g/mol. The molecule has 1 heterocycles. The number of nitrogens with one attached hydrogen (secondary N) is 1. The van der Waals surface area contributed by atoms with E-state index in [1.165, 1.54) is 25.7 Å². The molecule has 2 aliphatic rings. The quantitative estimate of drug-likeness (QED) is 0.808. The van der Waals surface area contributed by atoms with Gasteiger partial charge in [-0.05, 0) is 30.6 Å². The van der Waals surface area contributed by atoms with E-state index in [0.29, 0.717) is 17.7 Å². The Hall–Kier alpha value is -0.570. The molecule has 3 heteroatoms. The highest BCUT2D eigenvalue weighted by atomic mass is 16.2. The van der Waals surface area contributed by atoms with Gasteiger partial charge in [0.15, 0.2) is 0 Å². The topological polar surface area (TPSA) is 32.3 Å². The van der Waals surface area contributed by atoms with Gasteiger partial charge in [-0.3, -0.25) is 10.1 Å². The summed E-state index contributed by atoms with van der Waals surface area (Å²) >= 11 is 0. The van der Waals surface area contributed by atoms with Crippen LogP contribution in [0.4, 0.5) is 0 Å². The second kappa shape index (κ2) is 7.62. The summed E-state index contributed by atoms with van der Waals surface area (Å²) in [4.78, 5) is 14.9. The molecule has 1 aliphatic carbocycles. The standard InChI is InChI=1S/C18H34N2O/c1-5-6-11-16-18(21)20(17(19-16)13(2)3)12-15-10-8-7-9-14(15)4/h13-17,19H,5-12H2,1-4H3. The van der Waals surface area contributed by atoms with E-state index >= 15 is 0 Å². The molecule has 2 fully saturated rings. The highest BCUT2D eigenvalue weighted by molar-refractivity contribution is 5.84. The van der Waals surface area contributed by atoms with Crippen molar-refractivity contribution in [1.82, 2.24) is 10.2 Å². The number of rotatable bonds is 6. The van der Waals surface area contributed by atoms with Crippen LogP contribution in [0.25, 0.3) is 0 Å². The Balaban J connectivity index is 2.01. The summed E-state index contributed by atoms with van der Waals surface area (Å²) < 4.78 is 0. The molecule has 0 aromatic carbocycles. The first-order chi connectivity index (χ1) is 10.0. The lowest BCUT2D eigenvalue weighted by Crippen LogP contribution is -2.45. The third-order valence-electron chi connectivity index (χ3n) is 5.49. The minimum absolute atomic E-state index is 0.0660. The SMILES string of the molecule is CCCCC1NC(C(C)C)N(CC2CCCCC2C)C1=O. The summed E-state index contributed by atoms with van der Waals surface area (Å²) in [6, 6.07) is 0.0660. The number of amides is 1. The molecule has 1 amide bonds. The first-order valence-corrected chi connectivity index (χ1v) is 9.11. The summed E-state index contributed by atoms with van der Waals surface area (Å²) in [5, 5.41) is 3.61. The number of nitrogens with zero attached hydrogens (tertiary/aromatic N) is 1. The van der Waals surface area contributed by atoms with Gasteiger partial charge >= 0.3 is 0 Å². The number of hydrogen-bond acceptors (Lipinski definition) is 2. The van der Waals surface area contributed by atoms with E-state index in [1.54, 1.807) is 0 Å². The molecular formula is C18H34N2O. The van der Waals surface area contributed by atoms with Gasteiger partial charge in [0.05, 0.1) is 12.2 Å². The Labute approximate surface area is 130 Å². The van der Waals surface area contributed by atoms with E-state index in [1.807, 2.05) is 0 Å². The second-order valence-electron chi connectivity index (χ2n) is 7.56. The van der Waals surface area contributed by atoms with Gasteiger partial charge in [-0.25, -0.2) is 0 Å². The van der Waals surface area contributed by atoms with E-state index in [0.717, 1.165) is 31.7 Å². The Bertz CT molecular complexity index is 342. The van der Waals surface area contributed by atoms with Gasteiger partial charge in [-0.15, -0.1) is 0 Å². The van der Waals surface area contributed by atoms with Gasteiger partial charge in [0.2, 0.25) is 5.91 Å². The van der Waals surface area contributed by atoms with Gasteiger partial charge < -0.3 is 4.90 Å². The van der Waals surface area contributed by atoms with Crippen molar-refractivity contribution in [3.8, 4) is 0 Å². The zero-order valence-corrected chi connectivity index (χ0v) is 14.4. The molecule has 0 aromatic heterocycles. The van der Waals surface area contributed by atoms with Crippen molar-refractivity contribution in [2.45, 2.75) is 84.8 Å². The van der Waals surface area contributed by atoms with E-state index in [-0.39, 0.29) is 12.2 Å². The van der Waals surface area contributed by atoms with Gasteiger partial charge in [-0.2, -0.15) is 0 Å². The van der Waals surface area contributed by atoms with Crippen LogP contribution in [0.15, 0.2) is 0 Å². The molecule has 4 atom stereocenters. The van der Waals surface area contributed by atoms with E-state index < -0.39 is 0 Å². The van der Waals surface area contributed by atoms with Crippen LogP contribution in [0.2, 0.25) is 0 Å². The van der Waals surface area contributed by atoms with Gasteiger partial charge in [-0.1, -0.05) is 59.8 Å². The van der Waals surface area contributed by atoms with E-state index in [9.17, 15) is 4.79 Å². The minimum Gasteiger partial charge on any atom is -0.325 e. The van der Waals surface area contributed by atoms with Gasteiger partial charge in [0.1, 0.15) is 0 Å². The molecule has 0 spiro atoms. The van der Waals surface area contributed by atoms with E-state index in [4.69, 9.17) is 0 Å². The molecule has 0 bridgehead atoms. The van der Waals surface area contributed by atoms with Crippen molar-refractivity contribution >= 4 is 5.91 Å². The molecule has 0 radical (unpaired) electrons. The van der Waals surface area contributed by atoms with Crippen molar-refractivity contribution in [3.05, 3.63) is 0 Å². The van der Waals surface area contributed by atoms with Crippen molar-refractivity contribution in [1.29, 1.82) is 0 Å². The van der Waals surface area contributed by atoms with Crippen LogP contribution in [0.3, 0.4) is 0 Å². The van der Waals surface area contributed by atoms with Crippen LogP contribution in [-0.4, -0.2) is 29.6 Å². The Kier molecular flexibility index (Phi) is 6.09. The van der Waals surface area contributed by atoms with Crippen LogP contribution < -0.4 is 5.32 Å². The minimum atomic E-state index is 0.0660. The maximum atomic E-state index is 12.8. The Morgan fingerprint density at radius 3 is 2.62 bits per heavy atom. The third-order valence-corrected chi connectivity index (χ3v) is 5.49. The molecule has 0 aromatic rings. The zero-order chi connectivity index (χ0) is 15.4. The average Bonchev–Trinajstić information content (AvgIpc) is 2.76.